The third-order valence-corrected chi connectivity index (χ3v) is 19.6. The molecule has 0 N–H and O–H groups in total. The lowest BCUT2D eigenvalue weighted by Gasteiger charge is -2.32. The van der Waals surface area contributed by atoms with Crippen LogP contribution >= 0.6 is 31.9 Å². The van der Waals surface area contributed by atoms with Gasteiger partial charge >= 0.3 is 7.12 Å². The van der Waals surface area contributed by atoms with Gasteiger partial charge in [-0.05, 0) is 101 Å². The summed E-state index contributed by atoms with van der Waals surface area (Å²) in [6.07, 6.45) is 0. The van der Waals surface area contributed by atoms with Gasteiger partial charge in [0.1, 0.15) is 0 Å². The van der Waals surface area contributed by atoms with Crippen molar-refractivity contribution in [2.75, 3.05) is 0 Å². The molecule has 16 aromatic rings. The van der Waals surface area contributed by atoms with Crippen molar-refractivity contribution in [3.05, 3.63) is 337 Å². The Morgan fingerprint density at radius 2 is 0.524 bits per heavy atom. The maximum Gasteiger partial charge on any atom is 0.494 e. The molecule has 11 nitrogen and oxygen atoms in total. The first kappa shape index (κ1) is 67.2. The minimum atomic E-state index is -0.401. The molecule has 14 heteroatoms. The van der Waals surface area contributed by atoms with Gasteiger partial charge in [0.25, 0.3) is 0 Å². The number of fused-ring (bicyclic) bond motifs is 2. The van der Waals surface area contributed by atoms with Crippen LogP contribution in [-0.4, -0.2) is 63.2 Å². The van der Waals surface area contributed by atoms with Gasteiger partial charge in [-0.25, -0.2) is 44.9 Å². The SMILES string of the molecule is Brc1ccc2c(Br)cccc2c1.CC1(C)OB(c2ccc(-c3nc(-c4ccccc4)nc(-c4ccccc4)n3)cc2)OC1(C)C.c1ccc(-c2nc(-c3ccccc3)nc(-c3ccc(-c4ccc5c(-c6ccc(-c7nc(-c8ccccc8)nc(-c8ccccc8)n7)cc6)cccc5c4)cc3)n2)cc1. The van der Waals surface area contributed by atoms with Crippen LogP contribution in [-0.2, 0) is 9.31 Å². The summed E-state index contributed by atoms with van der Waals surface area (Å²) in [5.41, 5.74) is 13.2. The number of hydrogen-bond acceptors (Lipinski definition) is 11. The van der Waals surface area contributed by atoms with Gasteiger partial charge < -0.3 is 9.31 Å². The van der Waals surface area contributed by atoms with Crippen molar-refractivity contribution in [1.82, 2.24) is 44.9 Å². The lowest BCUT2D eigenvalue weighted by atomic mass is 9.79. The first-order chi connectivity index (χ1) is 50.3. The Bertz CT molecular complexity index is 5450. The van der Waals surface area contributed by atoms with E-state index in [0.717, 1.165) is 92.1 Å². The number of aromatic nitrogens is 9. The van der Waals surface area contributed by atoms with Crippen LogP contribution in [0.3, 0.4) is 0 Å². The van der Waals surface area contributed by atoms with Gasteiger partial charge in [-0.3, -0.25) is 0 Å². The molecule has 1 saturated heterocycles. The molecule has 1 aliphatic heterocycles. The molecule has 0 amide bonds. The van der Waals surface area contributed by atoms with Crippen LogP contribution in [0.1, 0.15) is 27.7 Å². The summed E-state index contributed by atoms with van der Waals surface area (Å²) >= 11 is 6.95. The first-order valence-electron chi connectivity index (χ1n) is 34.0. The first-order valence-corrected chi connectivity index (χ1v) is 35.5. The average Bonchev–Trinajstić information content (AvgIpc) is 1.74. The summed E-state index contributed by atoms with van der Waals surface area (Å²) in [7, 11) is -0.401. The van der Waals surface area contributed by atoms with E-state index in [4.69, 9.17) is 54.2 Å². The second kappa shape index (κ2) is 29.9. The summed E-state index contributed by atoms with van der Waals surface area (Å²) in [5.74, 6) is 5.78. The van der Waals surface area contributed by atoms with Crippen LogP contribution in [0.2, 0.25) is 0 Å². The fraction of sp³-hybridized carbons (Fsp3) is 0.0674. The van der Waals surface area contributed by atoms with Crippen molar-refractivity contribution in [2.24, 2.45) is 0 Å². The fourth-order valence-electron chi connectivity index (χ4n) is 12.1. The van der Waals surface area contributed by atoms with Gasteiger partial charge in [-0.15, -0.1) is 0 Å². The third-order valence-electron chi connectivity index (χ3n) is 18.4. The minimum absolute atomic E-state index is 0.375. The van der Waals surface area contributed by atoms with E-state index in [1.54, 1.807) is 0 Å². The number of benzene rings is 13. The molecule has 1 fully saturated rings. The molecule has 0 spiro atoms. The molecular weight excluding hydrogens is 1400 g/mol. The Balaban J connectivity index is 0.000000158. The molecule has 0 saturated carbocycles. The highest BCUT2D eigenvalue weighted by atomic mass is 79.9. The van der Waals surface area contributed by atoms with Gasteiger partial charge in [0.15, 0.2) is 52.4 Å². The second-order valence-corrected chi connectivity index (χ2v) is 27.6. The number of nitrogens with zero attached hydrogens (tertiary/aromatic N) is 9. The zero-order valence-corrected chi connectivity index (χ0v) is 60.0. The van der Waals surface area contributed by atoms with Gasteiger partial charge in [0.05, 0.1) is 11.2 Å². The van der Waals surface area contributed by atoms with E-state index < -0.39 is 7.12 Å². The van der Waals surface area contributed by atoms with Crippen LogP contribution in [0, 0.1) is 0 Å². The standard InChI is InChI=1S/C52H34N6.C27H26BN3O2.C10H6Br2/c1-5-14-37(15-6-1)47-53-48(38-16-7-2-8-17-38)56-51(55-47)41-28-24-35(25-29-41)43-32-33-46-44(34-43)22-13-23-45(46)36-26-30-42(31-27-36)52-57-49(39-18-9-3-10-19-39)54-50(58-52)40-20-11-4-12-21-40;1-26(2)27(3,4)33-28(32-26)22-17-15-21(16-18-22)25-30-23(19-11-7-5-8-12-19)29-24(31-25)20-13-9-6-10-14-20;11-8-4-5-9-7(6-8)2-1-3-10(9)12/h1-34H;5-18H,1-4H3;1-6H. The van der Waals surface area contributed by atoms with Crippen molar-refractivity contribution < 1.29 is 9.31 Å². The Morgan fingerprint density at radius 3 is 0.883 bits per heavy atom. The van der Waals surface area contributed by atoms with Crippen LogP contribution in [0.4, 0.5) is 0 Å². The Hall–Kier alpha value is -11.6. The molecule has 17 rings (SSSR count). The fourth-order valence-corrected chi connectivity index (χ4v) is 13.0. The summed E-state index contributed by atoms with van der Waals surface area (Å²) in [6, 6.07) is 111. The zero-order valence-electron chi connectivity index (χ0n) is 56.9. The van der Waals surface area contributed by atoms with Crippen LogP contribution in [0.25, 0.3) is 146 Å². The van der Waals surface area contributed by atoms with Gasteiger partial charge in [0.2, 0.25) is 0 Å². The van der Waals surface area contributed by atoms with E-state index in [9.17, 15) is 0 Å². The van der Waals surface area contributed by atoms with E-state index >= 15 is 0 Å². The van der Waals surface area contributed by atoms with E-state index in [-0.39, 0.29) is 11.2 Å². The summed E-state index contributed by atoms with van der Waals surface area (Å²) in [6.45, 7) is 8.23. The minimum Gasteiger partial charge on any atom is -0.399 e. The van der Waals surface area contributed by atoms with Crippen LogP contribution < -0.4 is 5.46 Å². The molecule has 0 unspecified atom stereocenters. The maximum atomic E-state index is 6.19. The molecule has 103 heavy (non-hydrogen) atoms. The smallest absolute Gasteiger partial charge is 0.399 e. The predicted octanol–water partition coefficient (Wildman–Crippen LogP) is 22.1. The lowest BCUT2D eigenvalue weighted by molar-refractivity contribution is 0.00578. The molecular formula is C89H66BBr2N9O2. The van der Waals surface area contributed by atoms with Crippen molar-refractivity contribution in [1.29, 1.82) is 0 Å². The maximum absolute atomic E-state index is 6.19. The van der Waals surface area contributed by atoms with Crippen LogP contribution in [0.5, 0.6) is 0 Å². The summed E-state index contributed by atoms with van der Waals surface area (Å²) in [5, 5.41) is 4.85. The van der Waals surface area contributed by atoms with Crippen molar-refractivity contribution in [2.45, 2.75) is 38.9 Å². The third kappa shape index (κ3) is 15.2. The average molecular weight is 1460 g/mol. The highest BCUT2D eigenvalue weighted by molar-refractivity contribution is 9.11. The van der Waals surface area contributed by atoms with E-state index in [1.165, 1.54) is 16.2 Å². The van der Waals surface area contributed by atoms with Crippen LogP contribution in [0.15, 0.2) is 337 Å². The number of rotatable bonds is 12. The highest BCUT2D eigenvalue weighted by Gasteiger charge is 2.51. The largest absolute Gasteiger partial charge is 0.494 e. The molecule has 0 aliphatic carbocycles. The number of halogens is 2. The van der Waals surface area contributed by atoms with Crippen molar-refractivity contribution in [3.63, 3.8) is 0 Å². The van der Waals surface area contributed by atoms with E-state index in [1.807, 2.05) is 218 Å². The molecule has 4 heterocycles. The molecule has 0 radical (unpaired) electrons. The predicted molar refractivity (Wildman–Crippen MR) is 425 cm³/mol. The quantitative estimate of drug-likeness (QED) is 0.108. The molecule has 3 aromatic heterocycles. The van der Waals surface area contributed by atoms with E-state index in [2.05, 4.69) is 169 Å². The monoisotopic (exact) mass is 1460 g/mol. The van der Waals surface area contributed by atoms with Crippen molar-refractivity contribution in [3.8, 4) is 125 Å². The normalized spacial score (nSPS) is 12.8. The van der Waals surface area contributed by atoms with Gasteiger partial charge in [0, 0.05) is 59.0 Å². The Labute approximate surface area is 616 Å². The van der Waals surface area contributed by atoms with Crippen molar-refractivity contribution >= 4 is 66.0 Å². The lowest BCUT2D eigenvalue weighted by Crippen LogP contribution is -2.41. The van der Waals surface area contributed by atoms with Gasteiger partial charge in [-0.2, -0.15) is 0 Å². The Kier molecular flexibility index (Phi) is 19.5. The zero-order chi connectivity index (χ0) is 70.3. The summed E-state index contributed by atoms with van der Waals surface area (Å²) in [4.78, 5) is 43.6. The second-order valence-electron chi connectivity index (χ2n) is 25.8. The molecule has 1 aliphatic rings. The molecule has 13 aromatic carbocycles. The topological polar surface area (TPSA) is 134 Å². The molecule has 0 bridgehead atoms. The summed E-state index contributed by atoms with van der Waals surface area (Å²) < 4.78 is 14.6. The highest BCUT2D eigenvalue weighted by Crippen LogP contribution is 2.38. The molecule has 0 atom stereocenters. The Morgan fingerprint density at radius 1 is 0.243 bits per heavy atom. The number of hydrogen-bond donors (Lipinski definition) is 0. The van der Waals surface area contributed by atoms with E-state index in [0.29, 0.717) is 52.4 Å². The molecule has 496 valence electrons. The van der Waals surface area contributed by atoms with Gasteiger partial charge in [-0.1, -0.05) is 335 Å².